The van der Waals surface area contributed by atoms with Crippen molar-refractivity contribution in [2.45, 2.75) is 6.42 Å². The molecule has 0 aliphatic carbocycles. The largest absolute Gasteiger partial charge is 0.323 e. The van der Waals surface area contributed by atoms with Crippen LogP contribution in [0.1, 0.15) is 5.69 Å². The Hall–Kier alpha value is -1.03. The molecule has 0 atom stereocenters. The first-order chi connectivity index (χ1) is 4.83. The van der Waals surface area contributed by atoms with Gasteiger partial charge >= 0.3 is 5.69 Å². The van der Waals surface area contributed by atoms with Gasteiger partial charge < -0.3 is 15.3 Å². The van der Waals surface area contributed by atoms with Gasteiger partial charge in [0.25, 0.3) is 0 Å². The third kappa shape index (κ3) is 1.73. The molecule has 3 N–H and O–H groups in total. The van der Waals surface area contributed by atoms with Crippen molar-refractivity contribution in [3.8, 4) is 0 Å². The van der Waals surface area contributed by atoms with Crippen molar-refractivity contribution in [1.29, 1.82) is 0 Å². The lowest BCUT2D eigenvalue weighted by molar-refractivity contribution is 0.779. The monoisotopic (exact) mass is 141 g/mol. The minimum atomic E-state index is -0.133. The predicted octanol–water partition coefficient (Wildman–Crippen LogP) is -0.535. The highest BCUT2D eigenvalue weighted by molar-refractivity contribution is 4.94. The minimum Gasteiger partial charge on any atom is -0.319 e. The van der Waals surface area contributed by atoms with Crippen LogP contribution in [0.2, 0.25) is 0 Å². The molecule has 1 aromatic rings. The van der Waals surface area contributed by atoms with Gasteiger partial charge in [-0.2, -0.15) is 0 Å². The van der Waals surface area contributed by atoms with E-state index in [1.54, 1.807) is 6.20 Å². The molecule has 4 nitrogen and oxygen atoms in total. The molecular weight excluding hydrogens is 130 g/mol. The molecule has 0 amide bonds. The van der Waals surface area contributed by atoms with E-state index < -0.39 is 0 Å². The van der Waals surface area contributed by atoms with E-state index >= 15 is 0 Å². The van der Waals surface area contributed by atoms with E-state index in [2.05, 4.69) is 15.3 Å². The maximum Gasteiger partial charge on any atom is 0.323 e. The van der Waals surface area contributed by atoms with Crippen LogP contribution in [0.25, 0.3) is 0 Å². The molecule has 56 valence electrons. The molecule has 1 aromatic heterocycles. The number of hydrogen-bond donors (Lipinski definition) is 3. The number of imidazole rings is 1. The van der Waals surface area contributed by atoms with Crippen molar-refractivity contribution in [3.05, 3.63) is 22.4 Å². The summed E-state index contributed by atoms with van der Waals surface area (Å²) in [6.45, 7) is 0.883. The molecule has 0 aliphatic rings. The van der Waals surface area contributed by atoms with Crippen molar-refractivity contribution < 1.29 is 0 Å². The van der Waals surface area contributed by atoms with Crippen molar-refractivity contribution in [1.82, 2.24) is 15.3 Å². The molecule has 0 aromatic carbocycles. The van der Waals surface area contributed by atoms with Gasteiger partial charge in [-0.3, -0.25) is 0 Å². The van der Waals surface area contributed by atoms with Crippen LogP contribution >= 0.6 is 0 Å². The third-order valence-electron chi connectivity index (χ3n) is 1.30. The summed E-state index contributed by atoms with van der Waals surface area (Å²) < 4.78 is 0. The normalized spacial score (nSPS) is 10.1. The Kier molecular flexibility index (Phi) is 2.28. The molecule has 0 saturated carbocycles. The van der Waals surface area contributed by atoms with E-state index in [0.29, 0.717) is 0 Å². The number of hydrogen-bond acceptors (Lipinski definition) is 2. The number of nitrogens with one attached hydrogen (secondary N) is 3. The van der Waals surface area contributed by atoms with Gasteiger partial charge in [0.2, 0.25) is 0 Å². The van der Waals surface area contributed by atoms with Gasteiger partial charge in [0.1, 0.15) is 0 Å². The lowest BCUT2D eigenvalue weighted by atomic mass is 10.3. The van der Waals surface area contributed by atoms with Crippen LogP contribution in [-0.2, 0) is 6.42 Å². The molecule has 0 spiro atoms. The average molecular weight is 141 g/mol. The first kappa shape index (κ1) is 7.08. The molecule has 0 aliphatic heterocycles. The Morgan fingerprint density at radius 3 is 3.00 bits per heavy atom. The first-order valence-electron chi connectivity index (χ1n) is 3.24. The second kappa shape index (κ2) is 3.22. The summed E-state index contributed by atoms with van der Waals surface area (Å²) in [7, 11) is 1.88. The number of likely N-dealkylation sites (N-methyl/N-ethyl adjacent to an activating group) is 1. The summed E-state index contributed by atoms with van der Waals surface area (Å²) in [5.74, 6) is 0. The number of aromatic nitrogens is 2. The van der Waals surface area contributed by atoms with E-state index in [1.165, 1.54) is 0 Å². The van der Waals surface area contributed by atoms with Crippen LogP contribution in [0.15, 0.2) is 11.0 Å². The molecule has 1 rings (SSSR count). The van der Waals surface area contributed by atoms with E-state index in [1.807, 2.05) is 7.05 Å². The Morgan fingerprint density at radius 2 is 2.50 bits per heavy atom. The zero-order valence-corrected chi connectivity index (χ0v) is 5.90. The lowest BCUT2D eigenvalue weighted by Gasteiger charge is -1.92. The molecule has 0 unspecified atom stereocenters. The van der Waals surface area contributed by atoms with Gasteiger partial charge in [-0.1, -0.05) is 0 Å². The fourth-order valence-electron chi connectivity index (χ4n) is 0.765. The number of rotatable bonds is 3. The molecule has 10 heavy (non-hydrogen) atoms. The van der Waals surface area contributed by atoms with Crippen LogP contribution in [-0.4, -0.2) is 23.6 Å². The van der Waals surface area contributed by atoms with Crippen LogP contribution in [0.5, 0.6) is 0 Å². The molecule has 4 heteroatoms. The summed E-state index contributed by atoms with van der Waals surface area (Å²) in [6.07, 6.45) is 2.55. The Balaban J connectivity index is 2.50. The van der Waals surface area contributed by atoms with Gasteiger partial charge in [0.15, 0.2) is 0 Å². The second-order valence-corrected chi connectivity index (χ2v) is 2.12. The summed E-state index contributed by atoms with van der Waals surface area (Å²) in [5, 5.41) is 2.99. The Labute approximate surface area is 58.7 Å². The summed E-state index contributed by atoms with van der Waals surface area (Å²) in [6, 6.07) is 0. The summed E-state index contributed by atoms with van der Waals surface area (Å²) in [5.41, 5.74) is 0.811. The fourth-order valence-corrected chi connectivity index (χ4v) is 0.765. The maximum absolute atomic E-state index is 10.5. The van der Waals surface area contributed by atoms with Crippen LogP contribution in [0.3, 0.4) is 0 Å². The van der Waals surface area contributed by atoms with Gasteiger partial charge in [0, 0.05) is 24.9 Å². The highest BCUT2D eigenvalue weighted by atomic mass is 16.1. The van der Waals surface area contributed by atoms with E-state index in [-0.39, 0.29) is 5.69 Å². The van der Waals surface area contributed by atoms with Crippen molar-refractivity contribution in [2.24, 2.45) is 0 Å². The molecule has 0 saturated heterocycles. The average Bonchev–Trinajstić information content (AvgIpc) is 2.31. The fraction of sp³-hybridized carbons (Fsp3) is 0.500. The highest BCUT2D eigenvalue weighted by Gasteiger charge is 1.92. The number of aromatic amines is 2. The summed E-state index contributed by atoms with van der Waals surface area (Å²) >= 11 is 0. The Bertz CT molecular complexity index is 237. The smallest absolute Gasteiger partial charge is 0.319 e. The molecule has 1 heterocycles. The maximum atomic E-state index is 10.5. The van der Waals surface area contributed by atoms with Gasteiger partial charge in [0.05, 0.1) is 0 Å². The molecule has 0 bridgehead atoms. The van der Waals surface area contributed by atoms with Gasteiger partial charge in [-0.05, 0) is 7.05 Å². The topological polar surface area (TPSA) is 60.7 Å². The van der Waals surface area contributed by atoms with Crippen molar-refractivity contribution in [3.63, 3.8) is 0 Å². The lowest BCUT2D eigenvalue weighted by Crippen LogP contribution is -2.11. The Morgan fingerprint density at radius 1 is 1.70 bits per heavy atom. The van der Waals surface area contributed by atoms with Crippen molar-refractivity contribution >= 4 is 0 Å². The zero-order chi connectivity index (χ0) is 7.40. The van der Waals surface area contributed by atoms with Crippen LogP contribution in [0.4, 0.5) is 0 Å². The number of H-pyrrole nitrogens is 2. The SMILES string of the molecule is CNCCc1c[nH]c(=O)[nH]1. The molecule has 0 radical (unpaired) electrons. The van der Waals surface area contributed by atoms with E-state index in [0.717, 1.165) is 18.7 Å². The molecule has 0 fully saturated rings. The molecular formula is C6H11N3O. The minimum absolute atomic E-state index is 0.133. The first-order valence-corrected chi connectivity index (χ1v) is 3.24. The van der Waals surface area contributed by atoms with E-state index in [9.17, 15) is 4.79 Å². The second-order valence-electron chi connectivity index (χ2n) is 2.12. The van der Waals surface area contributed by atoms with Gasteiger partial charge in [-0.15, -0.1) is 0 Å². The van der Waals surface area contributed by atoms with Crippen LogP contribution < -0.4 is 11.0 Å². The zero-order valence-electron chi connectivity index (χ0n) is 5.90. The third-order valence-corrected chi connectivity index (χ3v) is 1.30. The highest BCUT2D eigenvalue weighted by Crippen LogP contribution is 1.86. The predicted molar refractivity (Wildman–Crippen MR) is 39.0 cm³/mol. The van der Waals surface area contributed by atoms with Crippen molar-refractivity contribution in [2.75, 3.05) is 13.6 Å². The van der Waals surface area contributed by atoms with Crippen LogP contribution in [0, 0.1) is 0 Å². The van der Waals surface area contributed by atoms with E-state index in [4.69, 9.17) is 0 Å². The standard InChI is InChI=1S/C6H11N3O/c1-7-3-2-5-4-8-6(10)9-5/h4,7H,2-3H2,1H3,(H2,8,9,10). The van der Waals surface area contributed by atoms with Gasteiger partial charge in [-0.25, -0.2) is 4.79 Å². The summed E-state index contributed by atoms with van der Waals surface area (Å²) in [4.78, 5) is 15.7. The quantitative estimate of drug-likeness (QED) is 0.529.